The molecule has 0 aromatic heterocycles. The minimum Gasteiger partial charge on any atom is -0.494 e. The number of aryl methyl sites for hydroxylation is 1. The molecule has 0 radical (unpaired) electrons. The minimum absolute atomic E-state index is 0.141. The summed E-state index contributed by atoms with van der Waals surface area (Å²) in [7, 11) is 1.41. The Hall–Kier alpha value is -1.87. The Bertz CT molecular complexity index is 593. The Morgan fingerprint density at radius 3 is 2.37 bits per heavy atom. The highest BCUT2D eigenvalue weighted by Gasteiger charge is 2.19. The van der Waals surface area contributed by atoms with E-state index in [1.807, 2.05) is 32.0 Å². The van der Waals surface area contributed by atoms with Crippen molar-refractivity contribution in [3.05, 3.63) is 64.5 Å². The number of methoxy groups -OCH3 is 1. The Labute approximate surface area is 112 Å². The van der Waals surface area contributed by atoms with Gasteiger partial charge in [-0.15, -0.1) is 0 Å². The Kier molecular flexibility index (Phi) is 3.86. The van der Waals surface area contributed by atoms with Crippen LogP contribution in [0.2, 0.25) is 0 Å². The first-order chi connectivity index (χ1) is 9.06. The number of aliphatic hydroxyl groups is 1. The monoisotopic (exact) mass is 260 g/mol. The summed E-state index contributed by atoms with van der Waals surface area (Å²) in [5.41, 5.74) is 2.98. The second kappa shape index (κ2) is 5.41. The molecule has 2 aromatic carbocycles. The van der Waals surface area contributed by atoms with Crippen molar-refractivity contribution in [2.45, 2.75) is 20.0 Å². The maximum Gasteiger partial charge on any atom is 0.171 e. The molecule has 0 bridgehead atoms. The highest BCUT2D eigenvalue weighted by Crippen LogP contribution is 2.31. The van der Waals surface area contributed by atoms with Crippen molar-refractivity contribution in [3.63, 3.8) is 0 Å². The molecule has 1 atom stereocenters. The van der Waals surface area contributed by atoms with Gasteiger partial charge >= 0.3 is 0 Å². The molecule has 0 saturated heterocycles. The Balaban J connectivity index is 2.50. The zero-order chi connectivity index (χ0) is 14.0. The van der Waals surface area contributed by atoms with Crippen molar-refractivity contribution < 1.29 is 14.2 Å². The van der Waals surface area contributed by atoms with Gasteiger partial charge in [0.15, 0.2) is 11.6 Å². The molecule has 2 rings (SSSR count). The van der Waals surface area contributed by atoms with Crippen molar-refractivity contribution in [2.75, 3.05) is 7.11 Å². The molecular formula is C16H17FO2. The molecule has 1 unspecified atom stereocenters. The molecule has 2 aromatic rings. The minimum atomic E-state index is -0.991. The lowest BCUT2D eigenvalue weighted by molar-refractivity contribution is 0.212. The third kappa shape index (κ3) is 2.47. The van der Waals surface area contributed by atoms with E-state index < -0.39 is 11.9 Å². The molecule has 0 aliphatic heterocycles. The number of halogens is 1. The van der Waals surface area contributed by atoms with Gasteiger partial charge in [0.2, 0.25) is 0 Å². The molecule has 0 heterocycles. The van der Waals surface area contributed by atoms with Gasteiger partial charge in [0.05, 0.1) is 7.11 Å². The number of hydrogen-bond acceptors (Lipinski definition) is 2. The van der Waals surface area contributed by atoms with Gasteiger partial charge in [0.1, 0.15) is 6.10 Å². The van der Waals surface area contributed by atoms with Crippen LogP contribution in [0, 0.1) is 19.7 Å². The van der Waals surface area contributed by atoms with Crippen molar-refractivity contribution in [1.29, 1.82) is 0 Å². The predicted octanol–water partition coefficient (Wildman–Crippen LogP) is 3.53. The lowest BCUT2D eigenvalue weighted by Crippen LogP contribution is -2.06. The summed E-state index contributed by atoms with van der Waals surface area (Å²) < 4.78 is 19.1. The number of aliphatic hydroxyl groups excluding tert-OH is 1. The maximum atomic E-state index is 14.2. The van der Waals surface area contributed by atoms with Crippen LogP contribution < -0.4 is 4.74 Å². The Morgan fingerprint density at radius 1 is 1.05 bits per heavy atom. The molecule has 3 heteroatoms. The quantitative estimate of drug-likeness (QED) is 0.914. The third-order valence-corrected chi connectivity index (χ3v) is 3.45. The molecule has 0 spiro atoms. The highest BCUT2D eigenvalue weighted by molar-refractivity contribution is 5.42. The summed E-state index contributed by atoms with van der Waals surface area (Å²) in [6.45, 7) is 3.89. The van der Waals surface area contributed by atoms with Gasteiger partial charge in [0.25, 0.3) is 0 Å². The second-order valence-electron chi connectivity index (χ2n) is 4.56. The van der Waals surface area contributed by atoms with Crippen LogP contribution >= 0.6 is 0 Å². The average Bonchev–Trinajstić information content (AvgIpc) is 2.41. The first-order valence-corrected chi connectivity index (χ1v) is 6.12. The van der Waals surface area contributed by atoms with Gasteiger partial charge in [-0.3, -0.25) is 0 Å². The SMILES string of the molecule is COc1cccc(C(O)c2cccc(C)c2C)c1F. The summed E-state index contributed by atoms with van der Waals surface area (Å²) in [6, 6.07) is 10.4. The van der Waals surface area contributed by atoms with Gasteiger partial charge < -0.3 is 9.84 Å². The van der Waals surface area contributed by atoms with Crippen LogP contribution in [0.15, 0.2) is 36.4 Å². The van der Waals surface area contributed by atoms with Crippen LogP contribution in [-0.4, -0.2) is 12.2 Å². The van der Waals surface area contributed by atoms with Crippen LogP contribution in [0.4, 0.5) is 4.39 Å². The third-order valence-electron chi connectivity index (χ3n) is 3.45. The van der Waals surface area contributed by atoms with Crippen LogP contribution in [-0.2, 0) is 0 Å². The van der Waals surface area contributed by atoms with Crippen molar-refractivity contribution in [1.82, 2.24) is 0 Å². The van der Waals surface area contributed by atoms with E-state index in [1.165, 1.54) is 13.2 Å². The predicted molar refractivity (Wildman–Crippen MR) is 72.9 cm³/mol. The maximum absolute atomic E-state index is 14.2. The van der Waals surface area contributed by atoms with E-state index in [4.69, 9.17) is 4.74 Å². The fourth-order valence-electron chi connectivity index (χ4n) is 2.13. The normalized spacial score (nSPS) is 12.3. The topological polar surface area (TPSA) is 29.5 Å². The lowest BCUT2D eigenvalue weighted by atomic mass is 9.94. The van der Waals surface area contributed by atoms with Gasteiger partial charge in [-0.2, -0.15) is 0 Å². The van der Waals surface area contributed by atoms with E-state index in [2.05, 4.69) is 0 Å². The highest BCUT2D eigenvalue weighted by atomic mass is 19.1. The fraction of sp³-hybridized carbons (Fsp3) is 0.250. The van der Waals surface area contributed by atoms with Crippen LogP contribution in [0.25, 0.3) is 0 Å². The summed E-state index contributed by atoms with van der Waals surface area (Å²) >= 11 is 0. The smallest absolute Gasteiger partial charge is 0.171 e. The second-order valence-corrected chi connectivity index (χ2v) is 4.56. The van der Waals surface area contributed by atoms with Gasteiger partial charge in [0, 0.05) is 5.56 Å². The average molecular weight is 260 g/mol. The summed E-state index contributed by atoms with van der Waals surface area (Å²) in [4.78, 5) is 0. The van der Waals surface area contributed by atoms with Gasteiger partial charge in [-0.1, -0.05) is 30.3 Å². The van der Waals surface area contributed by atoms with Crippen molar-refractivity contribution in [2.24, 2.45) is 0 Å². The fourth-order valence-corrected chi connectivity index (χ4v) is 2.13. The van der Waals surface area contributed by atoms with E-state index >= 15 is 0 Å². The largest absolute Gasteiger partial charge is 0.494 e. The summed E-state index contributed by atoms with van der Waals surface area (Å²) in [5.74, 6) is -0.375. The van der Waals surface area contributed by atoms with Crippen LogP contribution in [0.3, 0.4) is 0 Å². The summed E-state index contributed by atoms with van der Waals surface area (Å²) in [5, 5.41) is 10.4. The lowest BCUT2D eigenvalue weighted by Gasteiger charge is -2.17. The molecular weight excluding hydrogens is 243 g/mol. The van der Waals surface area contributed by atoms with Crippen LogP contribution in [0.5, 0.6) is 5.75 Å². The number of rotatable bonds is 3. The Morgan fingerprint density at radius 2 is 1.68 bits per heavy atom. The zero-order valence-electron chi connectivity index (χ0n) is 11.3. The van der Waals surface area contributed by atoms with Gasteiger partial charge in [-0.05, 0) is 36.6 Å². The molecule has 0 amide bonds. The molecule has 0 saturated carbocycles. The molecule has 2 nitrogen and oxygen atoms in total. The van der Waals surface area contributed by atoms with E-state index in [-0.39, 0.29) is 11.3 Å². The first kappa shape index (κ1) is 13.6. The number of hydrogen-bond donors (Lipinski definition) is 1. The number of ether oxygens (including phenoxy) is 1. The molecule has 0 aliphatic carbocycles. The number of benzene rings is 2. The molecule has 19 heavy (non-hydrogen) atoms. The summed E-state index contributed by atoms with van der Waals surface area (Å²) in [6.07, 6.45) is -0.991. The zero-order valence-corrected chi connectivity index (χ0v) is 11.3. The standard InChI is InChI=1S/C16H17FO2/c1-10-6-4-7-12(11(10)2)16(18)13-8-5-9-14(19-3)15(13)17/h4-9,16,18H,1-3H3. The molecule has 100 valence electrons. The molecule has 1 N–H and O–H groups in total. The van der Waals surface area contributed by atoms with E-state index in [9.17, 15) is 9.50 Å². The van der Waals surface area contributed by atoms with Crippen molar-refractivity contribution in [3.8, 4) is 5.75 Å². The van der Waals surface area contributed by atoms with E-state index in [0.29, 0.717) is 5.56 Å². The van der Waals surface area contributed by atoms with Crippen LogP contribution in [0.1, 0.15) is 28.4 Å². The first-order valence-electron chi connectivity index (χ1n) is 6.12. The van der Waals surface area contributed by atoms with Crippen molar-refractivity contribution >= 4 is 0 Å². The molecule has 0 fully saturated rings. The molecule has 0 aliphatic rings. The van der Waals surface area contributed by atoms with E-state index in [1.54, 1.807) is 12.1 Å². The van der Waals surface area contributed by atoms with Gasteiger partial charge in [-0.25, -0.2) is 4.39 Å². The van der Waals surface area contributed by atoms with E-state index in [0.717, 1.165) is 11.1 Å².